The number of amides is 1. The third kappa shape index (κ3) is 10.0. The van der Waals surface area contributed by atoms with Gasteiger partial charge in [0.2, 0.25) is 0 Å². The number of unbranched alkanes of at least 4 members (excludes halogenated alkanes) is 2. The van der Waals surface area contributed by atoms with E-state index in [0.29, 0.717) is 49.7 Å². The number of carbonyl (C=O) groups is 1. The van der Waals surface area contributed by atoms with E-state index >= 15 is 0 Å². The fourth-order valence-corrected chi connectivity index (χ4v) is 6.66. The van der Waals surface area contributed by atoms with E-state index in [1.807, 2.05) is 41.2 Å². The Morgan fingerprint density at radius 2 is 1.80 bits per heavy atom. The van der Waals surface area contributed by atoms with Gasteiger partial charge in [0.05, 0.1) is 56.2 Å². The van der Waals surface area contributed by atoms with Crippen LogP contribution < -0.4 is 21.0 Å². The largest absolute Gasteiger partial charge is 0.508 e. The molecule has 7 rings (SSSR count). The van der Waals surface area contributed by atoms with Crippen LogP contribution in [0.3, 0.4) is 0 Å². The number of phenolic OH excluding ortho intramolecular Hbond substituents is 1. The number of nitrogens with zero attached hydrogens (tertiary/aromatic N) is 6. The van der Waals surface area contributed by atoms with E-state index in [-0.39, 0.29) is 23.4 Å². The first-order valence-corrected chi connectivity index (χ1v) is 19.1. The Balaban J connectivity index is 0.704. The Morgan fingerprint density at radius 3 is 2.66 bits per heavy atom. The molecule has 1 amide bonds. The average molecular weight is 763 g/mol. The van der Waals surface area contributed by atoms with Crippen molar-refractivity contribution in [1.82, 2.24) is 40.4 Å². The summed E-state index contributed by atoms with van der Waals surface area (Å²) in [6.07, 6.45) is 11.7. The molecule has 0 saturated carbocycles. The smallest absolute Gasteiger partial charge is 0.362 e. The highest BCUT2D eigenvalue weighted by Gasteiger charge is 2.26. The quantitative estimate of drug-likeness (QED) is 0.0710. The zero-order valence-corrected chi connectivity index (χ0v) is 31.1. The minimum Gasteiger partial charge on any atom is -0.508 e. The van der Waals surface area contributed by atoms with Crippen molar-refractivity contribution in [3.8, 4) is 22.9 Å². The molecule has 0 saturated heterocycles. The van der Waals surface area contributed by atoms with Crippen molar-refractivity contribution in [2.75, 3.05) is 46.1 Å². The minimum absolute atomic E-state index is 0.0359. The molecule has 15 heteroatoms. The van der Waals surface area contributed by atoms with Crippen molar-refractivity contribution in [1.29, 1.82) is 0 Å². The molecule has 0 aliphatic heterocycles. The molecule has 0 bridgehead atoms. The van der Waals surface area contributed by atoms with Crippen molar-refractivity contribution in [2.24, 2.45) is 0 Å². The summed E-state index contributed by atoms with van der Waals surface area (Å²) in [4.78, 5) is 29.3. The highest BCUT2D eigenvalue weighted by Crippen LogP contribution is 2.31. The highest BCUT2D eigenvalue weighted by atomic mass is 16.5. The number of fused-ring (bicyclic) bond motifs is 2. The van der Waals surface area contributed by atoms with Gasteiger partial charge >= 0.3 is 5.63 Å². The number of pyridine rings is 1. The molecule has 1 unspecified atom stereocenters. The molecule has 4 heterocycles. The molecule has 1 atom stereocenters. The molecule has 15 nitrogen and oxygen atoms in total. The predicted molar refractivity (Wildman–Crippen MR) is 208 cm³/mol. The number of aromatic nitrogens is 6. The molecule has 0 spiro atoms. The van der Waals surface area contributed by atoms with Crippen LogP contribution in [0.1, 0.15) is 65.6 Å². The second-order valence-electron chi connectivity index (χ2n) is 13.5. The first-order chi connectivity index (χ1) is 27.5. The molecule has 1 aliphatic carbocycles. The van der Waals surface area contributed by atoms with Gasteiger partial charge in [0.1, 0.15) is 29.4 Å². The number of ether oxygens (including phenoxy) is 3. The molecular formula is C41H46N8O7. The van der Waals surface area contributed by atoms with Crippen molar-refractivity contribution in [2.45, 2.75) is 51.0 Å². The molecule has 292 valence electrons. The van der Waals surface area contributed by atoms with Gasteiger partial charge in [-0.2, -0.15) is 5.10 Å². The zero-order chi connectivity index (χ0) is 38.5. The first-order valence-electron chi connectivity index (χ1n) is 19.1. The van der Waals surface area contributed by atoms with Crippen LogP contribution in [-0.2, 0) is 22.3 Å². The van der Waals surface area contributed by atoms with Gasteiger partial charge in [-0.05, 0) is 99.7 Å². The number of rotatable bonds is 20. The van der Waals surface area contributed by atoms with Crippen molar-refractivity contribution >= 4 is 16.9 Å². The van der Waals surface area contributed by atoms with E-state index in [0.717, 1.165) is 86.4 Å². The molecule has 6 aromatic rings. The molecule has 0 fully saturated rings. The third-order valence-corrected chi connectivity index (χ3v) is 9.53. The van der Waals surface area contributed by atoms with Crippen LogP contribution in [0.15, 0.2) is 94.5 Å². The van der Waals surface area contributed by atoms with Gasteiger partial charge in [0.15, 0.2) is 5.69 Å². The standard InChI is InChI=1S/C41H46N8O7/c50-32-14-11-29-25-38(41(52)56-39(29)26-32)48-28-30(46-47-48)7-2-1-4-17-42-19-20-53-21-22-54-23-24-55-33-15-12-31(13-16-33)49-37-10-6-9-35(34(37)27-44-49)45-40(51)36-8-3-5-18-43-36/h3,5,8,11-16,18,25-28,35,42,50H,1-2,4,6-7,9-10,17,19-24H2,(H,45,51). The van der Waals surface area contributed by atoms with E-state index in [4.69, 9.17) is 18.6 Å². The Hall–Kier alpha value is -5.90. The van der Waals surface area contributed by atoms with Gasteiger partial charge in [0.25, 0.3) is 5.91 Å². The highest BCUT2D eigenvalue weighted by molar-refractivity contribution is 5.92. The number of aromatic hydroxyl groups is 1. The molecule has 1 aliphatic rings. The lowest BCUT2D eigenvalue weighted by Crippen LogP contribution is -2.31. The van der Waals surface area contributed by atoms with E-state index in [9.17, 15) is 14.7 Å². The van der Waals surface area contributed by atoms with Crippen LogP contribution in [0.2, 0.25) is 0 Å². The van der Waals surface area contributed by atoms with E-state index in [1.54, 1.807) is 42.7 Å². The summed E-state index contributed by atoms with van der Waals surface area (Å²) in [5, 5.41) is 29.8. The summed E-state index contributed by atoms with van der Waals surface area (Å²) in [6, 6.07) is 19.4. The number of benzene rings is 2. The van der Waals surface area contributed by atoms with Crippen molar-refractivity contribution in [3.05, 3.63) is 118 Å². The van der Waals surface area contributed by atoms with E-state index < -0.39 is 5.63 Å². The zero-order valence-electron chi connectivity index (χ0n) is 31.1. The second kappa shape index (κ2) is 19.1. The number of hydrogen-bond donors (Lipinski definition) is 3. The lowest BCUT2D eigenvalue weighted by atomic mass is 9.92. The van der Waals surface area contributed by atoms with E-state index in [1.165, 1.54) is 10.7 Å². The normalized spacial score (nSPS) is 13.8. The van der Waals surface area contributed by atoms with Crippen LogP contribution in [0.5, 0.6) is 11.5 Å². The summed E-state index contributed by atoms with van der Waals surface area (Å²) >= 11 is 0. The molecule has 2 aromatic carbocycles. The summed E-state index contributed by atoms with van der Waals surface area (Å²) in [6.45, 7) is 4.19. The molecule has 56 heavy (non-hydrogen) atoms. The molecular weight excluding hydrogens is 716 g/mol. The van der Waals surface area contributed by atoms with Crippen LogP contribution in [0.25, 0.3) is 22.3 Å². The van der Waals surface area contributed by atoms with Crippen LogP contribution in [-0.4, -0.2) is 86.9 Å². The van der Waals surface area contributed by atoms with Gasteiger partial charge in [-0.1, -0.05) is 17.7 Å². The average Bonchev–Trinajstić information content (AvgIpc) is 3.88. The molecule has 0 radical (unpaired) electrons. The summed E-state index contributed by atoms with van der Waals surface area (Å²) in [5.41, 5.74) is 4.37. The summed E-state index contributed by atoms with van der Waals surface area (Å²) < 4.78 is 25.9. The Labute approximate surface area is 323 Å². The second-order valence-corrected chi connectivity index (χ2v) is 13.5. The lowest BCUT2D eigenvalue weighted by molar-refractivity contribution is 0.0373. The number of phenols is 1. The van der Waals surface area contributed by atoms with Crippen LogP contribution in [0.4, 0.5) is 0 Å². The number of carbonyl (C=O) groups excluding carboxylic acids is 1. The number of hydrogen-bond acceptors (Lipinski definition) is 12. The minimum atomic E-state index is -0.542. The SMILES string of the molecule is O=C(NC1CCCc2c1cnn2-c1ccc(OCCOCCOCCNCCCCCc2cn(-c3cc4ccc(O)cc4oc3=O)nn2)cc1)c1ccccn1. The van der Waals surface area contributed by atoms with Gasteiger partial charge in [0, 0.05) is 35.5 Å². The first kappa shape index (κ1) is 38.4. The Morgan fingerprint density at radius 1 is 0.946 bits per heavy atom. The monoisotopic (exact) mass is 762 g/mol. The van der Waals surface area contributed by atoms with Gasteiger partial charge < -0.3 is 34.4 Å². The predicted octanol–water partition coefficient (Wildman–Crippen LogP) is 4.88. The number of aryl methyl sites for hydroxylation is 1. The maximum atomic E-state index is 12.7. The maximum absolute atomic E-state index is 12.7. The maximum Gasteiger partial charge on any atom is 0.362 e. The fourth-order valence-electron chi connectivity index (χ4n) is 6.66. The van der Waals surface area contributed by atoms with Crippen molar-refractivity contribution in [3.63, 3.8) is 0 Å². The molecule has 3 N–H and O–H groups in total. The number of nitrogens with one attached hydrogen (secondary N) is 2. The fraction of sp³-hybridized carbons (Fsp3) is 0.366. The summed E-state index contributed by atoms with van der Waals surface area (Å²) in [5.74, 6) is 0.612. The van der Waals surface area contributed by atoms with Gasteiger partial charge in [-0.15, -0.1) is 5.10 Å². The molecule has 4 aromatic heterocycles. The third-order valence-electron chi connectivity index (χ3n) is 9.53. The van der Waals surface area contributed by atoms with Crippen molar-refractivity contribution < 1.29 is 28.5 Å². The van der Waals surface area contributed by atoms with Crippen LogP contribution in [0, 0.1) is 0 Å². The Kier molecular flexibility index (Phi) is 13.1. The summed E-state index contributed by atoms with van der Waals surface area (Å²) in [7, 11) is 0. The van der Waals surface area contributed by atoms with E-state index in [2.05, 4.69) is 31.0 Å². The van der Waals surface area contributed by atoms with Gasteiger partial charge in [-0.25, -0.2) is 14.2 Å². The van der Waals surface area contributed by atoms with Gasteiger partial charge in [-0.3, -0.25) is 9.78 Å². The topological polar surface area (TPSA) is 181 Å². The lowest BCUT2D eigenvalue weighted by Gasteiger charge is -2.24. The Bertz CT molecular complexity index is 2240. The van der Waals surface area contributed by atoms with Crippen LogP contribution >= 0.6 is 0 Å².